The predicted octanol–water partition coefficient (Wildman–Crippen LogP) is 3.79. The Morgan fingerprint density at radius 1 is 1.12 bits per heavy atom. The summed E-state index contributed by atoms with van der Waals surface area (Å²) in [6, 6.07) is 12.6. The highest BCUT2D eigenvalue weighted by Crippen LogP contribution is 2.36. The van der Waals surface area contributed by atoms with Gasteiger partial charge in [-0.05, 0) is 30.9 Å². The van der Waals surface area contributed by atoms with E-state index in [0.717, 1.165) is 17.5 Å². The Morgan fingerprint density at radius 3 is 2.73 bits per heavy atom. The highest BCUT2D eigenvalue weighted by molar-refractivity contribution is 6.33. The largest absolute Gasteiger partial charge is 0.456 e. The van der Waals surface area contributed by atoms with Crippen molar-refractivity contribution in [2.24, 2.45) is 0 Å². The van der Waals surface area contributed by atoms with Crippen LogP contribution in [0.15, 0.2) is 30.3 Å². The fourth-order valence-corrected chi connectivity index (χ4v) is 5.22. The maximum absolute atomic E-state index is 9.82. The lowest BCUT2D eigenvalue weighted by atomic mass is 9.75. The van der Waals surface area contributed by atoms with E-state index < -0.39 is 5.41 Å². The van der Waals surface area contributed by atoms with E-state index in [1.165, 1.54) is 0 Å². The third kappa shape index (κ3) is 3.65. The van der Waals surface area contributed by atoms with Crippen molar-refractivity contribution in [2.75, 3.05) is 26.4 Å². The quantitative estimate of drug-likeness (QED) is 0.624. The molecule has 0 saturated carbocycles. The van der Waals surface area contributed by atoms with Crippen LogP contribution in [-0.2, 0) is 19.6 Å². The van der Waals surface area contributed by atoms with E-state index in [-0.39, 0.29) is 18.3 Å². The Bertz CT molecular complexity index is 1220. The number of H-pyrrole nitrogens is 1. The fourth-order valence-electron chi connectivity index (χ4n) is 4.96. The summed E-state index contributed by atoms with van der Waals surface area (Å²) in [7, 11) is 0. The molecule has 9 heteroatoms. The normalized spacial score (nSPS) is 26.2. The highest BCUT2D eigenvalue weighted by atomic mass is 35.5. The van der Waals surface area contributed by atoms with Crippen LogP contribution < -0.4 is 4.74 Å². The number of halogens is 1. The molecule has 33 heavy (non-hydrogen) atoms. The van der Waals surface area contributed by atoms with Crippen molar-refractivity contribution in [2.45, 2.75) is 43.0 Å². The Morgan fingerprint density at radius 2 is 1.94 bits per heavy atom. The van der Waals surface area contributed by atoms with E-state index in [0.29, 0.717) is 67.2 Å². The minimum absolute atomic E-state index is 0.0590. The van der Waals surface area contributed by atoms with Crippen molar-refractivity contribution in [1.29, 1.82) is 5.26 Å². The lowest BCUT2D eigenvalue weighted by Gasteiger charge is -2.31. The highest BCUT2D eigenvalue weighted by Gasteiger charge is 2.43. The molecular formula is C24H23ClN4O4. The van der Waals surface area contributed by atoms with Crippen LogP contribution in [0.4, 0.5) is 0 Å². The molecule has 1 N–H and O–H groups in total. The maximum atomic E-state index is 9.82. The second-order valence-corrected chi connectivity index (χ2v) is 9.17. The number of aromatic nitrogens is 3. The number of nitriles is 1. The summed E-state index contributed by atoms with van der Waals surface area (Å²) in [6.07, 6.45) is 2.13. The molecule has 8 nitrogen and oxygen atoms in total. The van der Waals surface area contributed by atoms with E-state index in [9.17, 15) is 5.26 Å². The number of ether oxygens (including phenoxy) is 4. The monoisotopic (exact) mass is 466 g/mol. The van der Waals surface area contributed by atoms with Gasteiger partial charge < -0.3 is 23.9 Å². The van der Waals surface area contributed by atoms with Gasteiger partial charge in [-0.3, -0.25) is 0 Å². The Labute approximate surface area is 195 Å². The lowest BCUT2D eigenvalue weighted by Crippen LogP contribution is -2.32. The second-order valence-electron chi connectivity index (χ2n) is 8.77. The third-order valence-corrected chi connectivity index (χ3v) is 7.15. The Kier molecular flexibility index (Phi) is 5.23. The van der Waals surface area contributed by atoms with Crippen molar-refractivity contribution >= 4 is 22.8 Å². The number of nitrogens with zero attached hydrogens (tertiary/aromatic N) is 3. The number of benzene rings is 1. The summed E-state index contributed by atoms with van der Waals surface area (Å²) >= 11 is 6.57. The number of hydrogen-bond acceptors (Lipinski definition) is 7. The number of fused-ring (bicyclic) bond motifs is 2. The average Bonchev–Trinajstić information content (AvgIpc) is 3.56. The van der Waals surface area contributed by atoms with Crippen LogP contribution in [-0.4, -0.2) is 59.7 Å². The van der Waals surface area contributed by atoms with Crippen molar-refractivity contribution in [1.82, 2.24) is 15.0 Å². The van der Waals surface area contributed by atoms with Crippen LogP contribution in [0.2, 0.25) is 5.02 Å². The molecule has 0 aliphatic carbocycles. The van der Waals surface area contributed by atoms with Crippen molar-refractivity contribution in [3.8, 4) is 23.3 Å². The molecule has 1 unspecified atom stereocenters. The minimum atomic E-state index is -0.502. The Balaban J connectivity index is 1.26. The number of aromatic amines is 1. The zero-order valence-corrected chi connectivity index (χ0v) is 18.7. The summed E-state index contributed by atoms with van der Waals surface area (Å²) in [5.41, 5.74) is 3.21. The summed E-state index contributed by atoms with van der Waals surface area (Å²) in [5, 5.41) is 10.3. The van der Waals surface area contributed by atoms with Crippen molar-refractivity contribution in [3.05, 3.63) is 40.9 Å². The molecule has 3 atom stereocenters. The van der Waals surface area contributed by atoms with E-state index in [4.69, 9.17) is 30.5 Å². The molecule has 0 spiro atoms. The molecular weight excluding hydrogens is 444 g/mol. The molecule has 0 bridgehead atoms. The van der Waals surface area contributed by atoms with Crippen LogP contribution in [0.3, 0.4) is 0 Å². The molecule has 3 fully saturated rings. The van der Waals surface area contributed by atoms with Crippen molar-refractivity contribution < 1.29 is 18.9 Å². The van der Waals surface area contributed by atoms with Crippen LogP contribution in [0.5, 0.6) is 6.01 Å². The molecule has 3 aliphatic heterocycles. The molecule has 0 amide bonds. The van der Waals surface area contributed by atoms with Crippen LogP contribution >= 0.6 is 11.6 Å². The first-order chi connectivity index (χ1) is 16.1. The first-order valence-electron chi connectivity index (χ1n) is 11.2. The average molecular weight is 467 g/mol. The van der Waals surface area contributed by atoms with Crippen LogP contribution in [0.25, 0.3) is 22.4 Å². The van der Waals surface area contributed by atoms with Crippen LogP contribution in [0, 0.1) is 11.3 Å². The summed E-state index contributed by atoms with van der Waals surface area (Å²) in [6.45, 7) is 2.37. The van der Waals surface area contributed by atoms with Gasteiger partial charge in [0.05, 0.1) is 40.4 Å². The van der Waals surface area contributed by atoms with Gasteiger partial charge in [0.25, 0.3) is 6.01 Å². The molecule has 5 heterocycles. The molecule has 3 aliphatic rings. The standard InChI is InChI=1S/C24H23ClN4O4/c25-16-11-17-22(29-23(27-17)33-19-12-32-18-5-8-31-21(18)19)28-20(16)14-1-3-15(4-2-14)24(13-26)6-9-30-10-7-24/h1-4,11,18-19,21H,5-10,12H2,(H,27,28,29)/t18-,19?,21+/m1/s1. The zero-order chi connectivity index (χ0) is 22.4. The summed E-state index contributed by atoms with van der Waals surface area (Å²) < 4.78 is 23.0. The van der Waals surface area contributed by atoms with Crippen molar-refractivity contribution in [3.63, 3.8) is 0 Å². The maximum Gasteiger partial charge on any atom is 0.296 e. The molecule has 3 aromatic rings. The third-order valence-electron chi connectivity index (χ3n) is 6.86. The number of rotatable bonds is 4. The van der Waals surface area contributed by atoms with Gasteiger partial charge in [-0.25, -0.2) is 4.98 Å². The number of pyridine rings is 1. The molecule has 170 valence electrons. The van der Waals surface area contributed by atoms with Gasteiger partial charge in [0.15, 0.2) is 11.8 Å². The topological polar surface area (TPSA) is 102 Å². The number of nitrogens with one attached hydrogen (secondary N) is 1. The molecule has 1 aromatic carbocycles. The van der Waals surface area contributed by atoms with Crippen LogP contribution in [0.1, 0.15) is 24.8 Å². The lowest BCUT2D eigenvalue weighted by molar-refractivity contribution is 0.0273. The van der Waals surface area contributed by atoms with Gasteiger partial charge in [-0.15, -0.1) is 0 Å². The summed E-state index contributed by atoms with van der Waals surface area (Å²) in [4.78, 5) is 12.3. The predicted molar refractivity (Wildman–Crippen MR) is 120 cm³/mol. The SMILES string of the molecule is N#CC1(c2ccc(-c3nc4nc(OC5CO[C@@H]6CCO[C@H]56)[nH]c4cc3Cl)cc2)CCOCC1. The first kappa shape index (κ1) is 20.9. The fraction of sp³-hybridized carbons (Fsp3) is 0.458. The van der Waals surface area contributed by atoms with Gasteiger partial charge in [-0.1, -0.05) is 35.9 Å². The minimum Gasteiger partial charge on any atom is -0.456 e. The smallest absolute Gasteiger partial charge is 0.296 e. The van der Waals surface area contributed by atoms with Gasteiger partial charge in [-0.2, -0.15) is 10.2 Å². The Hall–Kier alpha value is -2.70. The van der Waals surface area contributed by atoms with Gasteiger partial charge in [0, 0.05) is 25.4 Å². The number of imidazole rings is 1. The zero-order valence-electron chi connectivity index (χ0n) is 17.9. The van der Waals surface area contributed by atoms with Gasteiger partial charge >= 0.3 is 0 Å². The molecule has 0 radical (unpaired) electrons. The molecule has 2 aromatic heterocycles. The second kappa shape index (κ2) is 8.26. The van der Waals surface area contributed by atoms with Gasteiger partial charge in [0.2, 0.25) is 0 Å². The van der Waals surface area contributed by atoms with Gasteiger partial charge in [0.1, 0.15) is 6.10 Å². The van der Waals surface area contributed by atoms with E-state index in [1.54, 1.807) is 0 Å². The number of hydrogen-bond donors (Lipinski definition) is 1. The van der Waals surface area contributed by atoms with E-state index in [2.05, 4.69) is 21.0 Å². The first-order valence-corrected chi connectivity index (χ1v) is 11.6. The molecule has 3 saturated heterocycles. The molecule has 6 rings (SSSR count). The van der Waals surface area contributed by atoms with E-state index >= 15 is 0 Å². The van der Waals surface area contributed by atoms with E-state index in [1.807, 2.05) is 30.3 Å². The summed E-state index contributed by atoms with van der Waals surface area (Å²) in [5.74, 6) is 0.